The molecule has 1 saturated heterocycles. The Bertz CT molecular complexity index is 414. The predicted octanol–water partition coefficient (Wildman–Crippen LogP) is 1.17. The van der Waals surface area contributed by atoms with Crippen molar-refractivity contribution in [2.75, 3.05) is 13.1 Å². The van der Waals surface area contributed by atoms with Crippen molar-refractivity contribution in [2.24, 2.45) is 5.92 Å². The molecule has 1 amide bonds. The van der Waals surface area contributed by atoms with Gasteiger partial charge in [0, 0.05) is 37.3 Å². The maximum absolute atomic E-state index is 12.0. The van der Waals surface area contributed by atoms with Gasteiger partial charge in [0.05, 0.1) is 6.33 Å². The molecule has 0 saturated carbocycles. The van der Waals surface area contributed by atoms with Crippen LogP contribution in [0.5, 0.6) is 0 Å². The van der Waals surface area contributed by atoms with Gasteiger partial charge in [-0.2, -0.15) is 0 Å². The molecule has 5 nitrogen and oxygen atoms in total. The van der Waals surface area contributed by atoms with Gasteiger partial charge in [-0.15, -0.1) is 0 Å². The van der Waals surface area contributed by atoms with Gasteiger partial charge in [0.1, 0.15) is 5.78 Å². The van der Waals surface area contributed by atoms with E-state index in [4.69, 9.17) is 0 Å². The number of imidazole rings is 1. The Balaban J connectivity index is 1.83. The summed E-state index contributed by atoms with van der Waals surface area (Å²) in [6, 6.07) is 0. The van der Waals surface area contributed by atoms with Crippen molar-refractivity contribution in [3.63, 3.8) is 0 Å². The summed E-state index contributed by atoms with van der Waals surface area (Å²) >= 11 is 0. The van der Waals surface area contributed by atoms with Crippen LogP contribution in [0.15, 0.2) is 12.5 Å². The molecule has 1 atom stereocenters. The third-order valence-corrected chi connectivity index (χ3v) is 3.51. The highest BCUT2D eigenvalue weighted by atomic mass is 16.2. The van der Waals surface area contributed by atoms with E-state index >= 15 is 0 Å². The number of aromatic amines is 1. The Labute approximate surface area is 107 Å². The topological polar surface area (TPSA) is 66.1 Å². The molecule has 5 heteroatoms. The third kappa shape index (κ3) is 3.18. The summed E-state index contributed by atoms with van der Waals surface area (Å²) in [5.74, 6) is 0.367. The number of H-pyrrole nitrogens is 1. The second-order valence-electron chi connectivity index (χ2n) is 4.87. The van der Waals surface area contributed by atoms with Crippen molar-refractivity contribution in [2.45, 2.75) is 32.6 Å². The molecule has 0 aliphatic carbocycles. The van der Waals surface area contributed by atoms with E-state index in [1.807, 2.05) is 4.90 Å². The van der Waals surface area contributed by atoms with Crippen molar-refractivity contribution in [1.82, 2.24) is 14.9 Å². The van der Waals surface area contributed by atoms with Crippen LogP contribution >= 0.6 is 0 Å². The highest BCUT2D eigenvalue weighted by Crippen LogP contribution is 2.18. The number of nitrogens with one attached hydrogen (secondary N) is 1. The van der Waals surface area contributed by atoms with Crippen LogP contribution in [0.2, 0.25) is 0 Å². The first-order valence-electron chi connectivity index (χ1n) is 6.42. The van der Waals surface area contributed by atoms with Crippen molar-refractivity contribution in [3.05, 3.63) is 18.2 Å². The minimum atomic E-state index is 0.0369. The molecule has 1 aliphatic heterocycles. The Morgan fingerprint density at radius 3 is 3.06 bits per heavy atom. The van der Waals surface area contributed by atoms with Crippen LogP contribution in [0, 0.1) is 5.92 Å². The lowest BCUT2D eigenvalue weighted by Crippen LogP contribution is -2.41. The molecule has 1 N–H and O–H groups in total. The molecular weight excluding hydrogens is 230 g/mol. The monoisotopic (exact) mass is 249 g/mol. The normalized spacial score (nSPS) is 19.8. The van der Waals surface area contributed by atoms with Crippen LogP contribution in [0.1, 0.15) is 31.9 Å². The minimum Gasteiger partial charge on any atom is -0.348 e. The molecule has 0 spiro atoms. The molecule has 18 heavy (non-hydrogen) atoms. The van der Waals surface area contributed by atoms with Gasteiger partial charge in [-0.1, -0.05) is 0 Å². The minimum absolute atomic E-state index is 0.0369. The molecule has 1 unspecified atom stereocenters. The van der Waals surface area contributed by atoms with Gasteiger partial charge in [0.25, 0.3) is 0 Å². The largest absolute Gasteiger partial charge is 0.348 e. The first-order valence-corrected chi connectivity index (χ1v) is 6.42. The Morgan fingerprint density at radius 1 is 1.56 bits per heavy atom. The lowest BCUT2D eigenvalue weighted by atomic mass is 9.94. The molecule has 0 radical (unpaired) electrons. The summed E-state index contributed by atoms with van der Waals surface area (Å²) in [5.41, 5.74) is 0.975. The summed E-state index contributed by atoms with van der Waals surface area (Å²) < 4.78 is 0. The van der Waals surface area contributed by atoms with E-state index in [0.29, 0.717) is 19.4 Å². The molecule has 0 aromatic carbocycles. The number of carbonyl (C=O) groups is 2. The predicted molar refractivity (Wildman–Crippen MR) is 66.9 cm³/mol. The summed E-state index contributed by atoms with van der Waals surface area (Å²) in [7, 11) is 0. The number of nitrogens with zero attached hydrogens (tertiary/aromatic N) is 2. The number of likely N-dealkylation sites (tertiary alicyclic amines) is 1. The van der Waals surface area contributed by atoms with Crippen LogP contribution in [-0.4, -0.2) is 39.6 Å². The van der Waals surface area contributed by atoms with E-state index in [9.17, 15) is 9.59 Å². The van der Waals surface area contributed by atoms with Gasteiger partial charge in [-0.05, 0) is 26.2 Å². The Hall–Kier alpha value is -1.65. The smallest absolute Gasteiger partial charge is 0.222 e. The number of aryl methyl sites for hydroxylation is 1. The highest BCUT2D eigenvalue weighted by molar-refractivity contribution is 5.81. The lowest BCUT2D eigenvalue weighted by Gasteiger charge is -2.31. The quantitative estimate of drug-likeness (QED) is 0.871. The fraction of sp³-hybridized carbons (Fsp3) is 0.615. The van der Waals surface area contributed by atoms with Crippen LogP contribution in [0.4, 0.5) is 0 Å². The number of hydrogen-bond donors (Lipinski definition) is 1. The second-order valence-corrected chi connectivity index (χ2v) is 4.87. The molecule has 1 aliphatic rings. The van der Waals surface area contributed by atoms with Gasteiger partial charge in [-0.3, -0.25) is 9.59 Å². The summed E-state index contributed by atoms with van der Waals surface area (Å²) in [4.78, 5) is 32.1. The van der Waals surface area contributed by atoms with E-state index in [0.717, 1.165) is 25.1 Å². The van der Waals surface area contributed by atoms with Crippen LogP contribution in [-0.2, 0) is 16.0 Å². The summed E-state index contributed by atoms with van der Waals surface area (Å²) in [6.07, 6.45) is 6.36. The van der Waals surface area contributed by atoms with E-state index < -0.39 is 0 Å². The van der Waals surface area contributed by atoms with Gasteiger partial charge in [0.2, 0.25) is 5.91 Å². The highest BCUT2D eigenvalue weighted by Gasteiger charge is 2.25. The number of rotatable bonds is 4. The van der Waals surface area contributed by atoms with Gasteiger partial charge in [0.15, 0.2) is 0 Å². The Morgan fingerprint density at radius 2 is 2.39 bits per heavy atom. The average Bonchev–Trinajstić information content (AvgIpc) is 2.89. The zero-order chi connectivity index (χ0) is 13.0. The number of ketones is 1. The molecule has 98 valence electrons. The number of carbonyl (C=O) groups excluding carboxylic acids is 2. The first-order chi connectivity index (χ1) is 8.66. The number of piperidine rings is 1. The third-order valence-electron chi connectivity index (χ3n) is 3.51. The fourth-order valence-electron chi connectivity index (χ4n) is 2.36. The molecule has 1 aromatic rings. The zero-order valence-electron chi connectivity index (χ0n) is 10.7. The van der Waals surface area contributed by atoms with Crippen molar-refractivity contribution >= 4 is 11.7 Å². The van der Waals surface area contributed by atoms with E-state index in [2.05, 4.69) is 9.97 Å². The molecule has 1 aromatic heterocycles. The van der Waals surface area contributed by atoms with Gasteiger partial charge >= 0.3 is 0 Å². The number of aromatic nitrogens is 2. The summed E-state index contributed by atoms with van der Waals surface area (Å²) in [6.45, 7) is 2.99. The van der Waals surface area contributed by atoms with E-state index in [1.165, 1.54) is 0 Å². The first kappa shape index (κ1) is 12.8. The molecule has 2 heterocycles. The number of hydrogen-bond acceptors (Lipinski definition) is 3. The number of amides is 1. The lowest BCUT2D eigenvalue weighted by molar-refractivity contribution is -0.134. The molecule has 1 fully saturated rings. The van der Waals surface area contributed by atoms with Crippen molar-refractivity contribution in [1.29, 1.82) is 0 Å². The fourth-order valence-corrected chi connectivity index (χ4v) is 2.36. The zero-order valence-corrected chi connectivity index (χ0v) is 10.7. The number of Topliss-reactive ketones (excluding diaryl/α,β-unsaturated/α-hetero) is 1. The molecule has 2 rings (SSSR count). The SMILES string of the molecule is CC(=O)C1CCCN(C(=O)CCc2cnc[nH]2)C1. The van der Waals surface area contributed by atoms with Crippen LogP contribution < -0.4 is 0 Å². The van der Waals surface area contributed by atoms with Crippen molar-refractivity contribution < 1.29 is 9.59 Å². The standard InChI is InChI=1S/C13H19N3O2/c1-10(17)11-3-2-6-16(8-11)13(18)5-4-12-7-14-9-15-12/h7,9,11H,2-6,8H2,1H3,(H,14,15). The maximum Gasteiger partial charge on any atom is 0.222 e. The molecule has 0 bridgehead atoms. The van der Waals surface area contributed by atoms with Crippen LogP contribution in [0.25, 0.3) is 0 Å². The van der Waals surface area contributed by atoms with Gasteiger partial charge in [-0.25, -0.2) is 4.98 Å². The van der Waals surface area contributed by atoms with Gasteiger partial charge < -0.3 is 9.88 Å². The molecular formula is C13H19N3O2. The Kier molecular flexibility index (Phi) is 4.12. The van der Waals surface area contributed by atoms with Crippen LogP contribution in [0.3, 0.4) is 0 Å². The van der Waals surface area contributed by atoms with Crippen molar-refractivity contribution in [3.8, 4) is 0 Å². The van der Waals surface area contributed by atoms with E-state index in [-0.39, 0.29) is 17.6 Å². The average molecular weight is 249 g/mol. The maximum atomic E-state index is 12.0. The van der Waals surface area contributed by atoms with E-state index in [1.54, 1.807) is 19.4 Å². The summed E-state index contributed by atoms with van der Waals surface area (Å²) in [5, 5.41) is 0. The second kappa shape index (κ2) is 5.80.